The van der Waals surface area contributed by atoms with E-state index >= 15 is 0 Å². The number of amides is 1. The lowest BCUT2D eigenvalue weighted by Crippen LogP contribution is -2.38. The number of nitrogens with one attached hydrogen (secondary N) is 1. The van der Waals surface area contributed by atoms with Crippen LogP contribution in [-0.2, 0) is 23.6 Å². The maximum absolute atomic E-state index is 13.2. The molecule has 0 atom stereocenters. The maximum Gasteiger partial charge on any atom is 0.268 e. The second kappa shape index (κ2) is 8.55. The van der Waals surface area contributed by atoms with Crippen LogP contribution in [0.15, 0.2) is 41.4 Å². The van der Waals surface area contributed by atoms with E-state index in [2.05, 4.69) is 17.2 Å². The Morgan fingerprint density at radius 1 is 1.25 bits per heavy atom. The number of hydrogen-bond donors (Lipinski definition) is 2. The molecule has 0 radical (unpaired) electrons. The predicted molar refractivity (Wildman–Crippen MR) is 122 cm³/mol. The Morgan fingerprint density at radius 2 is 1.97 bits per heavy atom. The summed E-state index contributed by atoms with van der Waals surface area (Å²) in [4.78, 5) is 17.3. The first-order valence-corrected chi connectivity index (χ1v) is 12.1. The van der Waals surface area contributed by atoms with Crippen LogP contribution < -0.4 is 5.32 Å². The van der Waals surface area contributed by atoms with E-state index in [1.54, 1.807) is 42.9 Å². The minimum absolute atomic E-state index is 0.0793. The van der Waals surface area contributed by atoms with Gasteiger partial charge in [0, 0.05) is 44.0 Å². The molecule has 0 unspecified atom stereocenters. The Hall–Kier alpha value is -2.91. The first-order chi connectivity index (χ1) is 15.2. The normalized spacial score (nSPS) is 15.8. The highest BCUT2D eigenvalue weighted by Gasteiger charge is 2.32. The van der Waals surface area contributed by atoms with Crippen molar-refractivity contribution in [1.82, 2.24) is 19.2 Å². The molecule has 0 aliphatic carbocycles. The molecule has 9 heteroatoms. The first kappa shape index (κ1) is 22.3. The lowest BCUT2D eigenvalue weighted by molar-refractivity contribution is 0.0942. The van der Waals surface area contributed by atoms with Crippen LogP contribution in [0.3, 0.4) is 0 Å². The Kier molecular flexibility index (Phi) is 5.96. The van der Waals surface area contributed by atoms with Crippen molar-refractivity contribution >= 4 is 26.8 Å². The highest BCUT2D eigenvalue weighted by molar-refractivity contribution is 7.89. The molecule has 4 rings (SSSR count). The highest BCUT2D eigenvalue weighted by atomic mass is 32.2. The fourth-order valence-electron chi connectivity index (χ4n) is 4.15. The van der Waals surface area contributed by atoms with E-state index < -0.39 is 10.0 Å². The Labute approximate surface area is 187 Å². The van der Waals surface area contributed by atoms with E-state index in [4.69, 9.17) is 0 Å². The molecular formula is C23H28N4O4S. The van der Waals surface area contributed by atoms with E-state index in [0.717, 1.165) is 23.8 Å². The molecule has 1 aromatic carbocycles. The predicted octanol–water partition coefficient (Wildman–Crippen LogP) is 2.94. The highest BCUT2D eigenvalue weighted by Crippen LogP contribution is 2.28. The molecule has 0 saturated carbocycles. The Balaban J connectivity index is 1.56. The molecule has 1 fully saturated rings. The first-order valence-electron chi connectivity index (χ1n) is 10.7. The molecule has 1 aliphatic rings. The van der Waals surface area contributed by atoms with E-state index in [0.29, 0.717) is 30.2 Å². The summed E-state index contributed by atoms with van der Waals surface area (Å²) < 4.78 is 29.6. The summed E-state index contributed by atoms with van der Waals surface area (Å²) in [7, 11) is -1.96. The number of carbonyl (C=O) groups is 1. The van der Waals surface area contributed by atoms with Crippen LogP contribution in [0.5, 0.6) is 5.75 Å². The summed E-state index contributed by atoms with van der Waals surface area (Å²) in [5.41, 5.74) is 2.10. The number of piperidine rings is 1. The van der Waals surface area contributed by atoms with Gasteiger partial charge >= 0.3 is 0 Å². The van der Waals surface area contributed by atoms with Gasteiger partial charge in [-0.2, -0.15) is 4.31 Å². The largest absolute Gasteiger partial charge is 0.506 e. The number of phenolic OH excluding ortho intramolecular Hbond substituents is 1. The van der Waals surface area contributed by atoms with Gasteiger partial charge in [0.05, 0.1) is 0 Å². The van der Waals surface area contributed by atoms with Crippen molar-refractivity contribution in [3.63, 3.8) is 0 Å². The fraction of sp³-hybridized carbons (Fsp3) is 0.391. The molecule has 2 aromatic heterocycles. The van der Waals surface area contributed by atoms with E-state index in [-0.39, 0.29) is 28.8 Å². The third-order valence-corrected chi connectivity index (χ3v) is 8.37. The number of rotatable bonds is 5. The number of aromatic hydroxyl groups is 1. The summed E-state index contributed by atoms with van der Waals surface area (Å²) in [6, 6.07) is 8.36. The average Bonchev–Trinajstić information content (AvgIpc) is 3.09. The second-order valence-electron chi connectivity index (χ2n) is 8.45. The molecule has 3 aromatic rings. The zero-order valence-electron chi connectivity index (χ0n) is 18.5. The summed E-state index contributed by atoms with van der Waals surface area (Å²) in [6.45, 7) is 5.07. The molecule has 3 heterocycles. The lowest BCUT2D eigenvalue weighted by atomic mass is 10.0. The molecule has 0 bridgehead atoms. The van der Waals surface area contributed by atoms with E-state index in [1.165, 1.54) is 10.4 Å². The fourth-order valence-corrected chi connectivity index (χ4v) is 5.89. The van der Waals surface area contributed by atoms with Crippen molar-refractivity contribution in [1.29, 1.82) is 0 Å². The van der Waals surface area contributed by atoms with Crippen LogP contribution in [-0.4, -0.2) is 46.4 Å². The minimum Gasteiger partial charge on any atom is -0.506 e. The number of carbonyl (C=O) groups excluding carboxylic acids is 1. The summed E-state index contributed by atoms with van der Waals surface area (Å²) in [5, 5.41) is 13.6. The van der Waals surface area contributed by atoms with Crippen LogP contribution in [0.2, 0.25) is 0 Å². The van der Waals surface area contributed by atoms with Crippen molar-refractivity contribution in [2.24, 2.45) is 13.0 Å². The van der Waals surface area contributed by atoms with Crippen LogP contribution in [0, 0.1) is 12.8 Å². The summed E-state index contributed by atoms with van der Waals surface area (Å²) in [6.07, 6.45) is 3.28. The van der Waals surface area contributed by atoms with Gasteiger partial charge in [0.1, 0.15) is 21.9 Å². The van der Waals surface area contributed by atoms with E-state index in [9.17, 15) is 18.3 Å². The van der Waals surface area contributed by atoms with Crippen molar-refractivity contribution < 1.29 is 18.3 Å². The standard InChI is InChI=1S/C23H28N4O4S/c1-15-8-11-27(12-9-15)32(30,31)21-13-19(26(3)16(21)2)23(29)25-14-17-6-7-20(28)22-18(17)5-4-10-24-22/h4-7,10,13,15,28H,8-9,11-12,14H2,1-3H3,(H,25,29). The van der Waals surface area contributed by atoms with Gasteiger partial charge in [-0.3, -0.25) is 9.78 Å². The van der Waals surface area contributed by atoms with Gasteiger partial charge in [0.15, 0.2) is 0 Å². The van der Waals surface area contributed by atoms with Crippen molar-refractivity contribution in [2.45, 2.75) is 38.1 Å². The zero-order chi connectivity index (χ0) is 23.0. The van der Waals surface area contributed by atoms with Crippen LogP contribution in [0.4, 0.5) is 0 Å². The molecule has 8 nitrogen and oxygen atoms in total. The molecule has 32 heavy (non-hydrogen) atoms. The third-order valence-electron chi connectivity index (χ3n) is 6.36. The quantitative estimate of drug-likeness (QED) is 0.614. The molecule has 1 amide bonds. The summed E-state index contributed by atoms with van der Waals surface area (Å²) in [5.74, 6) is 0.232. The zero-order valence-corrected chi connectivity index (χ0v) is 19.3. The van der Waals surface area contributed by atoms with Gasteiger partial charge in [0.2, 0.25) is 10.0 Å². The molecule has 170 valence electrons. The topological polar surface area (TPSA) is 105 Å². The number of phenols is 1. The minimum atomic E-state index is -3.66. The lowest BCUT2D eigenvalue weighted by Gasteiger charge is -2.29. The number of sulfonamides is 1. The number of pyridine rings is 1. The van der Waals surface area contributed by atoms with E-state index in [1.807, 2.05) is 6.07 Å². The van der Waals surface area contributed by atoms with Crippen LogP contribution in [0.1, 0.15) is 41.5 Å². The van der Waals surface area contributed by atoms with Crippen molar-refractivity contribution in [3.05, 3.63) is 53.5 Å². The second-order valence-corrected chi connectivity index (χ2v) is 10.4. The van der Waals surface area contributed by atoms with Crippen LogP contribution in [0.25, 0.3) is 10.9 Å². The van der Waals surface area contributed by atoms with Crippen molar-refractivity contribution in [3.8, 4) is 5.75 Å². The number of hydrogen-bond acceptors (Lipinski definition) is 5. The Morgan fingerprint density at radius 3 is 2.69 bits per heavy atom. The van der Waals surface area contributed by atoms with Gasteiger partial charge in [-0.1, -0.05) is 19.1 Å². The number of benzene rings is 1. The van der Waals surface area contributed by atoms with Gasteiger partial charge in [-0.15, -0.1) is 0 Å². The van der Waals surface area contributed by atoms with Gasteiger partial charge in [0.25, 0.3) is 5.91 Å². The molecule has 0 spiro atoms. The number of fused-ring (bicyclic) bond motifs is 1. The SMILES string of the molecule is Cc1c(S(=O)(=O)N2CCC(C)CC2)cc(C(=O)NCc2ccc(O)c3ncccc23)n1C. The molecule has 2 N–H and O–H groups in total. The van der Waals surface area contributed by atoms with Crippen LogP contribution >= 0.6 is 0 Å². The maximum atomic E-state index is 13.2. The molecular weight excluding hydrogens is 428 g/mol. The smallest absolute Gasteiger partial charge is 0.268 e. The van der Waals surface area contributed by atoms with Gasteiger partial charge in [-0.25, -0.2) is 8.42 Å². The third kappa shape index (κ3) is 3.98. The molecule has 1 aliphatic heterocycles. The average molecular weight is 457 g/mol. The number of nitrogens with zero attached hydrogens (tertiary/aromatic N) is 3. The van der Waals surface area contributed by atoms with Crippen molar-refractivity contribution in [2.75, 3.05) is 13.1 Å². The molecule has 1 saturated heterocycles. The van der Waals surface area contributed by atoms with Gasteiger partial charge < -0.3 is 15.0 Å². The summed E-state index contributed by atoms with van der Waals surface area (Å²) >= 11 is 0. The monoisotopic (exact) mass is 456 g/mol. The number of aromatic nitrogens is 2. The Bertz CT molecular complexity index is 1270. The van der Waals surface area contributed by atoms with Gasteiger partial charge in [-0.05, 0) is 49.4 Å².